The van der Waals surface area contributed by atoms with E-state index in [2.05, 4.69) is 39.4 Å². The Balaban J connectivity index is 0.000000154. The molecule has 0 fully saturated rings. The second kappa shape index (κ2) is 27.0. The third-order valence-corrected chi connectivity index (χ3v) is 14.9. The molecule has 478 valence electrons. The predicted octanol–water partition coefficient (Wildman–Crippen LogP) is 17.8. The minimum absolute atomic E-state index is 0.280. The summed E-state index contributed by atoms with van der Waals surface area (Å²) in [5.74, 6) is 0.932. The van der Waals surface area contributed by atoms with Gasteiger partial charge in [-0.15, -0.1) is 13.2 Å². The summed E-state index contributed by atoms with van der Waals surface area (Å²) in [4.78, 5) is 34.7. The minimum Gasteiger partial charge on any atom is -0.406 e. The Bertz CT molecular complexity index is 4910. The highest BCUT2D eigenvalue weighted by Gasteiger charge is 2.32. The van der Waals surface area contributed by atoms with Crippen LogP contribution in [0.4, 0.5) is 45.2 Å². The largest absolute Gasteiger partial charge is 0.573 e. The first-order chi connectivity index (χ1) is 44.5. The number of nitrogens with one attached hydrogen (secondary N) is 4. The van der Waals surface area contributed by atoms with E-state index in [0.717, 1.165) is 97.0 Å². The van der Waals surface area contributed by atoms with Crippen LogP contribution < -0.4 is 15.2 Å². The summed E-state index contributed by atoms with van der Waals surface area (Å²) in [5, 5.41) is 10.5. The van der Waals surface area contributed by atoms with Crippen LogP contribution in [0.2, 0.25) is 0 Å². The van der Waals surface area contributed by atoms with Crippen molar-refractivity contribution in [2.75, 3.05) is 11.0 Å². The van der Waals surface area contributed by atoms with Crippen LogP contribution in [0, 0.1) is 0 Å². The highest BCUT2D eigenvalue weighted by atomic mass is 32.2. The number of anilines is 1. The average molecular weight is 1300 g/mol. The van der Waals surface area contributed by atoms with Gasteiger partial charge in [-0.2, -0.15) is 26.3 Å². The number of hydrogen-bond donors (Lipinski definition) is 6. The maximum atomic E-state index is 12.7. The lowest BCUT2D eigenvalue weighted by Gasteiger charge is -2.21. The molecule has 0 aliphatic carbocycles. The van der Waals surface area contributed by atoms with E-state index in [9.17, 15) is 57.8 Å². The highest BCUT2D eigenvalue weighted by Crippen LogP contribution is 2.36. The zero-order valence-electron chi connectivity index (χ0n) is 49.8. The van der Waals surface area contributed by atoms with E-state index < -0.39 is 51.4 Å². The van der Waals surface area contributed by atoms with E-state index in [1.165, 1.54) is 48.5 Å². The van der Waals surface area contributed by atoms with Gasteiger partial charge in [-0.05, 0) is 167 Å². The summed E-state index contributed by atoms with van der Waals surface area (Å²) in [6, 6.07) is 54.1. The molecule has 23 heteroatoms. The van der Waals surface area contributed by atoms with Crippen LogP contribution in [-0.4, -0.2) is 62.0 Å². The van der Waals surface area contributed by atoms with E-state index >= 15 is 0 Å². The molecule has 3 heterocycles. The summed E-state index contributed by atoms with van der Waals surface area (Å²) in [6.45, 7) is 3.51. The number of carbonyl (C=O) groups excluding carboxylic acids is 1. The molecule has 0 bridgehead atoms. The number of benzene rings is 9. The second-order valence-electron chi connectivity index (χ2n) is 21.9. The molecule has 0 aliphatic heterocycles. The summed E-state index contributed by atoms with van der Waals surface area (Å²) in [5.41, 5.74) is 16.3. The quantitative estimate of drug-likeness (QED) is 0.0577. The maximum absolute atomic E-state index is 12.7. The Labute approximate surface area is 531 Å². The van der Waals surface area contributed by atoms with Gasteiger partial charge in [0.05, 0.1) is 61.8 Å². The van der Waals surface area contributed by atoms with Gasteiger partial charge in [-0.25, -0.2) is 23.4 Å². The normalized spacial score (nSPS) is 12.4. The van der Waals surface area contributed by atoms with Crippen LogP contribution in [0.25, 0.3) is 103 Å². The van der Waals surface area contributed by atoms with Crippen LogP contribution in [-0.2, 0) is 28.0 Å². The predicted molar refractivity (Wildman–Crippen MR) is 350 cm³/mol. The first-order valence-corrected chi connectivity index (χ1v) is 30.4. The van der Waals surface area contributed by atoms with Gasteiger partial charge in [0.1, 0.15) is 23.2 Å². The topological polar surface area (TPSA) is 205 Å². The number of amides is 1. The lowest BCUT2D eigenvalue weighted by atomic mass is 9.89. The van der Waals surface area contributed by atoms with Gasteiger partial charge in [0, 0.05) is 11.1 Å². The average Bonchev–Trinajstić information content (AvgIpc) is 1.50. The van der Waals surface area contributed by atoms with Gasteiger partial charge >= 0.3 is 18.7 Å². The number of ether oxygens (including phenoxy) is 1. The molecule has 0 radical (unpaired) electrons. The smallest absolute Gasteiger partial charge is 0.406 e. The number of rotatable bonds is 14. The van der Waals surface area contributed by atoms with Crippen molar-refractivity contribution in [3.05, 3.63) is 257 Å². The number of carbonyl (C=O) groups is 1. The molecule has 12 aromatic rings. The van der Waals surface area contributed by atoms with Gasteiger partial charge in [-0.3, -0.25) is 9.52 Å². The molecule has 0 unspecified atom stereocenters. The molecule has 12 rings (SSSR count). The molecular weight excluding hydrogens is 1250 g/mol. The van der Waals surface area contributed by atoms with Crippen molar-refractivity contribution in [2.45, 2.75) is 38.2 Å². The number of hydrogen-bond acceptors (Lipinski definition) is 8. The van der Waals surface area contributed by atoms with Crippen molar-refractivity contribution < 1.29 is 62.6 Å². The summed E-state index contributed by atoms with van der Waals surface area (Å²) >= 11 is 0. The number of aliphatic hydroxyl groups is 1. The first kappa shape index (κ1) is 65.9. The number of H-pyrrole nitrogens is 3. The third-order valence-electron chi connectivity index (χ3n) is 14.3. The van der Waals surface area contributed by atoms with Crippen molar-refractivity contribution in [3.63, 3.8) is 0 Å². The van der Waals surface area contributed by atoms with E-state index in [0.29, 0.717) is 50.9 Å². The van der Waals surface area contributed by atoms with Gasteiger partial charge in [0.15, 0.2) is 0 Å². The van der Waals surface area contributed by atoms with Gasteiger partial charge in [0.2, 0.25) is 15.9 Å². The molecular formula is C71H55F9N8O5S. The lowest BCUT2D eigenvalue weighted by Crippen LogP contribution is -2.16. The number of nitrogens with two attached hydrogens (primary N) is 1. The Hall–Kier alpha value is -11.0. The molecule has 0 atom stereocenters. The maximum Gasteiger partial charge on any atom is 0.573 e. The molecule has 13 nitrogen and oxygen atoms in total. The summed E-state index contributed by atoms with van der Waals surface area (Å²) in [7, 11) is -3.43. The number of halogens is 9. The summed E-state index contributed by atoms with van der Waals surface area (Å²) in [6.07, 6.45) is -2.10. The number of imidazole rings is 3. The van der Waals surface area contributed by atoms with Crippen molar-refractivity contribution in [2.24, 2.45) is 5.73 Å². The molecule has 0 aliphatic rings. The first-order valence-electron chi connectivity index (χ1n) is 28.5. The second-order valence-corrected chi connectivity index (χ2v) is 23.6. The number of fused-ring (bicyclic) bond motifs is 3. The number of nitrogens with zero attached hydrogens (tertiary/aromatic N) is 3. The van der Waals surface area contributed by atoms with E-state index in [-0.39, 0.29) is 5.75 Å². The zero-order chi connectivity index (χ0) is 67.2. The van der Waals surface area contributed by atoms with Crippen LogP contribution >= 0.6 is 0 Å². The van der Waals surface area contributed by atoms with E-state index in [4.69, 9.17) is 5.73 Å². The fourth-order valence-electron chi connectivity index (χ4n) is 9.94. The molecule has 7 N–H and O–H groups in total. The van der Waals surface area contributed by atoms with E-state index in [1.54, 1.807) is 74.6 Å². The Morgan fingerprint density at radius 1 is 0.489 bits per heavy atom. The number of primary amides is 1. The number of aromatic amines is 3. The van der Waals surface area contributed by atoms with Crippen LogP contribution in [0.5, 0.6) is 5.75 Å². The minimum atomic E-state index is -4.72. The van der Waals surface area contributed by atoms with E-state index in [1.807, 2.05) is 103 Å². The van der Waals surface area contributed by atoms with Crippen LogP contribution in [0.3, 0.4) is 0 Å². The Morgan fingerprint density at radius 3 is 1.27 bits per heavy atom. The number of sulfonamides is 1. The SMILES string of the molecule is CC(C)(O)c1ccccc1-c1ccc2nc(/C=C/c3ccc(C(F)(F)F)cc3)[nH]c2c1.CS(=O)(=O)Nc1ccccc1-c1ccc2nc(/C=C/c3ccc(C(F)(F)F)cc3)[nH]c2c1.NC(=O)c1ccccc1-c1ccc2nc(/C=C/c3ccc(OC(F)(F)F)cc3)[nH]c2c1. The van der Waals surface area contributed by atoms with Gasteiger partial charge < -0.3 is 30.5 Å². The van der Waals surface area contributed by atoms with Gasteiger partial charge in [-0.1, -0.05) is 133 Å². The van der Waals surface area contributed by atoms with Crippen molar-refractivity contribution in [1.82, 2.24) is 29.9 Å². The van der Waals surface area contributed by atoms with Crippen molar-refractivity contribution in [1.29, 1.82) is 0 Å². The molecule has 9 aromatic carbocycles. The monoisotopic (exact) mass is 1300 g/mol. The zero-order valence-corrected chi connectivity index (χ0v) is 50.6. The number of aromatic nitrogens is 6. The molecule has 0 saturated carbocycles. The number of alkyl halides is 9. The molecule has 0 spiro atoms. The standard InChI is InChI=1S/C25H21F3N2O.C23H18F3N3O2S.C23H16F3N3O2/c1-24(2,31)20-6-4-3-5-19(20)17-10-13-21-22(15-17)30-23(29-21)14-9-16-7-11-18(12-8-16)25(26,27)28;1-32(30,31)29-19-5-3-2-4-18(19)16-9-12-20-21(14-16)28-22(27-20)13-8-15-6-10-17(11-7-15)23(24,25)26;24-23(25,26)31-16-9-5-14(6-10-16)7-12-21-28-19-11-8-15(13-20(19)29-21)17-3-1-2-4-18(17)22(27)30/h3-15,31H,1-2H3,(H,29,30);2-14,29H,1H3,(H,27,28);1-13H,(H2,27,30)(H,28,29)/b14-9+;13-8+;12-7+. The van der Waals surface area contributed by atoms with Crippen molar-refractivity contribution in [3.8, 4) is 39.1 Å². The highest BCUT2D eigenvalue weighted by molar-refractivity contribution is 7.92. The molecule has 0 saturated heterocycles. The van der Waals surface area contributed by atoms with Crippen molar-refractivity contribution >= 4 is 91.2 Å². The molecule has 1 amide bonds. The van der Waals surface area contributed by atoms with Crippen LogP contribution in [0.15, 0.2) is 200 Å². The number of para-hydroxylation sites is 1. The van der Waals surface area contributed by atoms with Crippen LogP contribution in [0.1, 0.15) is 75.1 Å². The Kier molecular flexibility index (Phi) is 19.0. The molecule has 3 aromatic heterocycles. The van der Waals surface area contributed by atoms with Gasteiger partial charge in [0.25, 0.3) is 0 Å². The lowest BCUT2D eigenvalue weighted by molar-refractivity contribution is -0.274. The third kappa shape index (κ3) is 17.1. The molecule has 94 heavy (non-hydrogen) atoms. The summed E-state index contributed by atoms with van der Waals surface area (Å²) < 4.78 is 143. The Morgan fingerprint density at radius 2 is 0.862 bits per heavy atom. The fourth-order valence-corrected chi connectivity index (χ4v) is 10.5. The fraction of sp³-hybridized carbons (Fsp3) is 0.0986.